The molecular formula is C46H33FN2O7. The van der Waals surface area contributed by atoms with Crippen molar-refractivity contribution >= 4 is 46.6 Å². The number of imide groups is 2. The number of para-hydroxylation sites is 1. The molecule has 2 heterocycles. The van der Waals surface area contributed by atoms with Gasteiger partial charge < -0.3 is 5.11 Å². The number of hydrogen-bond acceptors (Lipinski definition) is 7. The lowest BCUT2D eigenvalue weighted by Gasteiger charge is -2.44. The molecule has 276 valence electrons. The van der Waals surface area contributed by atoms with E-state index in [0.29, 0.717) is 33.5 Å². The second-order valence-corrected chi connectivity index (χ2v) is 14.7. The zero-order valence-corrected chi connectivity index (χ0v) is 29.7. The van der Waals surface area contributed by atoms with Crippen molar-refractivity contribution in [3.05, 3.63) is 173 Å². The van der Waals surface area contributed by atoms with E-state index in [4.69, 9.17) is 0 Å². The Labute approximate surface area is 320 Å². The molecule has 2 aliphatic heterocycles. The quantitative estimate of drug-likeness (QED) is 0.108. The van der Waals surface area contributed by atoms with Crippen LogP contribution in [-0.2, 0) is 19.2 Å². The molecule has 56 heavy (non-hydrogen) atoms. The van der Waals surface area contributed by atoms with Gasteiger partial charge in [-0.3, -0.25) is 38.6 Å². The maximum atomic E-state index is 15.0. The molecule has 9 rings (SSSR count). The summed E-state index contributed by atoms with van der Waals surface area (Å²) < 4.78 is 15.0. The number of anilines is 2. The van der Waals surface area contributed by atoms with Gasteiger partial charge in [-0.05, 0) is 73.4 Å². The van der Waals surface area contributed by atoms with Crippen molar-refractivity contribution in [3.8, 4) is 5.75 Å². The van der Waals surface area contributed by atoms with Crippen LogP contribution in [-0.4, -0.2) is 40.3 Å². The van der Waals surface area contributed by atoms with Crippen LogP contribution in [0.5, 0.6) is 5.75 Å². The van der Waals surface area contributed by atoms with Crippen molar-refractivity contribution in [1.29, 1.82) is 0 Å². The highest BCUT2D eigenvalue weighted by Crippen LogP contribution is 2.59. The highest BCUT2D eigenvalue weighted by Gasteiger charge is 2.62. The molecule has 0 radical (unpaired) electrons. The number of nitrogens with zero attached hydrogens (tertiary/aromatic N) is 2. The average Bonchev–Trinajstić information content (AvgIpc) is 3.64. The summed E-state index contributed by atoms with van der Waals surface area (Å²) >= 11 is 0. The molecule has 1 N–H and O–H groups in total. The van der Waals surface area contributed by atoms with Gasteiger partial charge in [-0.2, -0.15) is 0 Å². The summed E-state index contributed by atoms with van der Waals surface area (Å²) in [4.78, 5) is 85.7. The van der Waals surface area contributed by atoms with E-state index in [-0.39, 0.29) is 35.7 Å². The Morgan fingerprint density at radius 2 is 1.02 bits per heavy atom. The van der Waals surface area contributed by atoms with Gasteiger partial charge in [0.05, 0.1) is 35.0 Å². The van der Waals surface area contributed by atoms with E-state index < -0.39 is 70.7 Å². The van der Waals surface area contributed by atoms with Crippen LogP contribution >= 0.6 is 0 Å². The maximum absolute atomic E-state index is 15.0. The number of ketones is 2. The predicted octanol–water partition coefficient (Wildman–Crippen LogP) is 7.04. The number of amides is 4. The fourth-order valence-corrected chi connectivity index (χ4v) is 9.26. The maximum Gasteiger partial charge on any atom is 0.238 e. The third-order valence-electron chi connectivity index (χ3n) is 11.8. The number of carbonyl (C=O) groups excluding carboxylic acids is 6. The minimum atomic E-state index is -1.03. The van der Waals surface area contributed by atoms with Gasteiger partial charge in [0.25, 0.3) is 0 Å². The van der Waals surface area contributed by atoms with Gasteiger partial charge >= 0.3 is 0 Å². The number of allylic oxidation sites excluding steroid dienone is 2. The minimum absolute atomic E-state index is 0.0767. The molecule has 10 heteroatoms. The first-order valence-electron chi connectivity index (χ1n) is 18.5. The van der Waals surface area contributed by atoms with Crippen molar-refractivity contribution in [2.24, 2.45) is 29.6 Å². The van der Waals surface area contributed by atoms with Crippen LogP contribution < -0.4 is 9.80 Å². The normalized spacial score (nSPS) is 24.1. The highest BCUT2D eigenvalue weighted by molar-refractivity contribution is 6.24. The number of carbonyl (C=O) groups is 6. The molecule has 1 saturated carbocycles. The van der Waals surface area contributed by atoms with Crippen LogP contribution in [0.15, 0.2) is 139 Å². The first-order chi connectivity index (χ1) is 27.1. The zero-order valence-electron chi connectivity index (χ0n) is 29.7. The van der Waals surface area contributed by atoms with E-state index in [9.17, 15) is 38.3 Å². The number of benzene rings is 5. The van der Waals surface area contributed by atoms with Gasteiger partial charge in [0.15, 0.2) is 23.1 Å². The first-order valence-corrected chi connectivity index (χ1v) is 18.5. The second-order valence-electron chi connectivity index (χ2n) is 14.7. The van der Waals surface area contributed by atoms with Crippen molar-refractivity contribution in [3.63, 3.8) is 0 Å². The standard InChI is InChI=1S/C46H33FN2O7/c47-36-13-7-12-32(42(36)52)37-31-22-23-33-38(45(55)48(43(33)53)29-18-14-27(15-19-29)40(50)25-8-3-1-4-9-25)34(31)24-35-39(37)46(56)49(44(35)54)30-20-16-28(17-21-30)41(51)26-10-5-2-6-11-26/h1-22,33-35,37-39,52H,23-24H2/t33-,34+,35+,37+,38-,39+/m0/s1. The van der Waals surface area contributed by atoms with Crippen LogP contribution in [0.3, 0.4) is 0 Å². The Balaban J connectivity index is 1.05. The van der Waals surface area contributed by atoms with Crippen molar-refractivity contribution in [2.45, 2.75) is 18.8 Å². The largest absolute Gasteiger partial charge is 0.505 e. The number of hydrogen-bond donors (Lipinski definition) is 1. The molecule has 5 aromatic carbocycles. The molecule has 0 bridgehead atoms. The van der Waals surface area contributed by atoms with Crippen LogP contribution in [0, 0.1) is 35.4 Å². The summed E-state index contributed by atoms with van der Waals surface area (Å²) in [6, 6.07) is 34.0. The number of rotatable bonds is 7. The van der Waals surface area contributed by atoms with E-state index >= 15 is 0 Å². The molecule has 9 nitrogen and oxygen atoms in total. The monoisotopic (exact) mass is 744 g/mol. The number of halogens is 1. The lowest BCUT2D eigenvalue weighted by molar-refractivity contribution is -0.126. The van der Waals surface area contributed by atoms with E-state index in [1.165, 1.54) is 24.3 Å². The number of aromatic hydroxyl groups is 1. The van der Waals surface area contributed by atoms with Gasteiger partial charge in [-0.15, -0.1) is 0 Å². The molecule has 0 unspecified atom stereocenters. The van der Waals surface area contributed by atoms with Crippen LogP contribution in [0.2, 0.25) is 0 Å². The topological polar surface area (TPSA) is 129 Å². The third-order valence-corrected chi connectivity index (χ3v) is 11.8. The van der Waals surface area contributed by atoms with Crippen molar-refractivity contribution < 1.29 is 38.3 Å². The molecular weight excluding hydrogens is 712 g/mol. The lowest BCUT2D eigenvalue weighted by Crippen LogP contribution is -2.43. The van der Waals surface area contributed by atoms with Crippen LogP contribution in [0.1, 0.15) is 56.2 Å². The molecule has 2 aliphatic carbocycles. The smallest absolute Gasteiger partial charge is 0.238 e. The fraction of sp³-hybridized carbons (Fsp3) is 0.174. The molecule has 0 spiro atoms. The summed E-state index contributed by atoms with van der Waals surface area (Å²) in [6.45, 7) is 0. The molecule has 6 atom stereocenters. The summed E-state index contributed by atoms with van der Waals surface area (Å²) in [5.74, 6) is -9.17. The van der Waals surface area contributed by atoms with Crippen molar-refractivity contribution in [1.82, 2.24) is 0 Å². The Bertz CT molecular complexity index is 2500. The van der Waals surface area contributed by atoms with E-state index in [1.54, 1.807) is 91.0 Å². The Morgan fingerprint density at radius 1 is 0.536 bits per heavy atom. The summed E-state index contributed by atoms with van der Waals surface area (Å²) in [6.07, 6.45) is 2.06. The lowest BCUT2D eigenvalue weighted by atomic mass is 9.57. The SMILES string of the molecule is O=C(c1ccccc1)c1ccc(N2C(=O)[C@H]3[C@H](CC=C4[C@H]3C[C@H]3C(=O)N(c5ccc(C(=O)c6ccccc6)cc5)C(=O)[C@H]3[C@H]4c3cccc(F)c3O)C2=O)cc1. The Morgan fingerprint density at radius 3 is 1.55 bits per heavy atom. The second kappa shape index (κ2) is 13.5. The number of phenolic OH excluding ortho intramolecular Hbond substituents is 1. The molecule has 4 amide bonds. The van der Waals surface area contributed by atoms with E-state index in [0.717, 1.165) is 15.9 Å². The molecule has 3 fully saturated rings. The van der Waals surface area contributed by atoms with Crippen LogP contribution in [0.4, 0.5) is 15.8 Å². The van der Waals surface area contributed by atoms with E-state index in [1.807, 2.05) is 12.1 Å². The third kappa shape index (κ3) is 5.43. The van der Waals surface area contributed by atoms with Gasteiger partial charge in [0.1, 0.15) is 0 Å². The number of fused-ring (bicyclic) bond motifs is 4. The van der Waals surface area contributed by atoms with Gasteiger partial charge in [0.2, 0.25) is 23.6 Å². The predicted molar refractivity (Wildman–Crippen MR) is 203 cm³/mol. The fourth-order valence-electron chi connectivity index (χ4n) is 9.26. The summed E-state index contributed by atoms with van der Waals surface area (Å²) in [7, 11) is 0. The molecule has 4 aliphatic rings. The summed E-state index contributed by atoms with van der Waals surface area (Å²) in [5, 5.41) is 11.1. The number of phenols is 1. The first kappa shape index (κ1) is 34.9. The average molecular weight is 745 g/mol. The zero-order chi connectivity index (χ0) is 38.8. The summed E-state index contributed by atoms with van der Waals surface area (Å²) in [5.41, 5.74) is 3.03. The molecule has 2 saturated heterocycles. The van der Waals surface area contributed by atoms with Crippen LogP contribution in [0.25, 0.3) is 0 Å². The van der Waals surface area contributed by atoms with Gasteiger partial charge in [-0.25, -0.2) is 4.39 Å². The molecule has 0 aromatic heterocycles. The highest BCUT2D eigenvalue weighted by atomic mass is 19.1. The Kier molecular flexibility index (Phi) is 8.41. The minimum Gasteiger partial charge on any atom is -0.505 e. The van der Waals surface area contributed by atoms with Gasteiger partial charge in [0, 0.05) is 33.7 Å². The van der Waals surface area contributed by atoms with Gasteiger partial charge in [-0.1, -0.05) is 84.4 Å². The van der Waals surface area contributed by atoms with E-state index in [2.05, 4.69) is 0 Å². The van der Waals surface area contributed by atoms with Crippen molar-refractivity contribution in [2.75, 3.05) is 9.80 Å². The molecule has 5 aromatic rings. The Hall–Kier alpha value is -6.81.